The summed E-state index contributed by atoms with van der Waals surface area (Å²) in [6.07, 6.45) is 1.47. The molecule has 126 valence electrons. The Morgan fingerprint density at radius 1 is 1.39 bits per heavy atom. The van der Waals surface area contributed by atoms with Crippen LogP contribution in [0.4, 0.5) is 0 Å². The highest BCUT2D eigenvalue weighted by Crippen LogP contribution is 2.45. The van der Waals surface area contributed by atoms with Crippen molar-refractivity contribution >= 4 is 22.0 Å². The molecule has 23 heavy (non-hydrogen) atoms. The van der Waals surface area contributed by atoms with E-state index in [0.717, 1.165) is 0 Å². The monoisotopic (exact) mass is 343 g/mol. The van der Waals surface area contributed by atoms with Gasteiger partial charge >= 0.3 is 11.9 Å². The van der Waals surface area contributed by atoms with Gasteiger partial charge in [-0.2, -0.15) is 4.31 Å². The van der Waals surface area contributed by atoms with Crippen LogP contribution in [-0.2, 0) is 19.6 Å². The molecule has 1 aromatic heterocycles. The SMILES string of the molecule is CCOC(=O)c1ccc(S(=O)(=O)N2C3CCC2C(C(=O)O)C3)o1. The predicted molar refractivity (Wildman–Crippen MR) is 76.2 cm³/mol. The number of carboxylic acid groups (broad SMARTS) is 1. The number of rotatable bonds is 5. The lowest BCUT2D eigenvalue weighted by atomic mass is 9.89. The maximum atomic E-state index is 12.7. The number of esters is 1. The highest BCUT2D eigenvalue weighted by molar-refractivity contribution is 7.89. The van der Waals surface area contributed by atoms with Crippen molar-refractivity contribution < 1.29 is 32.3 Å². The number of carbonyl (C=O) groups is 2. The molecule has 9 heteroatoms. The summed E-state index contributed by atoms with van der Waals surface area (Å²) in [5.74, 6) is -2.60. The van der Waals surface area contributed by atoms with Crippen molar-refractivity contribution in [2.45, 2.75) is 43.4 Å². The number of hydrogen-bond donors (Lipinski definition) is 1. The Bertz CT molecular complexity index is 738. The van der Waals surface area contributed by atoms with Gasteiger partial charge in [0, 0.05) is 12.1 Å². The van der Waals surface area contributed by atoms with E-state index < -0.39 is 33.9 Å². The topological polar surface area (TPSA) is 114 Å². The predicted octanol–water partition coefficient (Wildman–Crippen LogP) is 1.08. The van der Waals surface area contributed by atoms with E-state index in [0.29, 0.717) is 19.3 Å². The number of aliphatic carboxylic acids is 1. The molecule has 0 aromatic carbocycles. The first-order valence-corrected chi connectivity index (χ1v) is 8.83. The zero-order chi connectivity index (χ0) is 16.8. The summed E-state index contributed by atoms with van der Waals surface area (Å²) in [5, 5.41) is 8.86. The maximum Gasteiger partial charge on any atom is 0.374 e. The summed E-state index contributed by atoms with van der Waals surface area (Å²) >= 11 is 0. The summed E-state index contributed by atoms with van der Waals surface area (Å²) < 4.78 is 36.6. The molecule has 0 spiro atoms. The smallest absolute Gasteiger partial charge is 0.374 e. The Hall–Kier alpha value is -1.87. The molecule has 2 bridgehead atoms. The lowest BCUT2D eigenvalue weighted by Gasteiger charge is -2.20. The number of furan rings is 1. The average molecular weight is 343 g/mol. The molecule has 0 amide bonds. The molecule has 1 aromatic rings. The first-order chi connectivity index (χ1) is 10.9. The summed E-state index contributed by atoms with van der Waals surface area (Å²) in [6.45, 7) is 1.78. The largest absolute Gasteiger partial charge is 0.481 e. The molecule has 0 radical (unpaired) electrons. The van der Waals surface area contributed by atoms with Gasteiger partial charge in [0.05, 0.1) is 12.5 Å². The average Bonchev–Trinajstić information content (AvgIpc) is 3.21. The fraction of sp³-hybridized carbons (Fsp3) is 0.571. The minimum Gasteiger partial charge on any atom is -0.481 e. The molecule has 0 aliphatic carbocycles. The molecule has 2 aliphatic rings. The van der Waals surface area contributed by atoms with Crippen LogP contribution >= 0.6 is 0 Å². The molecule has 1 N–H and O–H groups in total. The van der Waals surface area contributed by atoms with E-state index in [-0.39, 0.29) is 23.5 Å². The van der Waals surface area contributed by atoms with Gasteiger partial charge < -0.3 is 14.3 Å². The van der Waals surface area contributed by atoms with Crippen molar-refractivity contribution in [3.8, 4) is 0 Å². The van der Waals surface area contributed by atoms with E-state index in [4.69, 9.17) is 9.15 Å². The lowest BCUT2D eigenvalue weighted by Crippen LogP contribution is -2.37. The molecule has 3 rings (SSSR count). The number of fused-ring (bicyclic) bond motifs is 2. The first kappa shape index (κ1) is 16.0. The molecular weight excluding hydrogens is 326 g/mol. The van der Waals surface area contributed by atoms with Gasteiger partial charge in [0.25, 0.3) is 10.0 Å². The van der Waals surface area contributed by atoms with Crippen molar-refractivity contribution in [2.24, 2.45) is 5.92 Å². The summed E-state index contributed by atoms with van der Waals surface area (Å²) in [4.78, 5) is 22.8. The summed E-state index contributed by atoms with van der Waals surface area (Å²) in [6, 6.07) is 1.56. The molecule has 3 heterocycles. The van der Waals surface area contributed by atoms with Crippen molar-refractivity contribution in [3.05, 3.63) is 17.9 Å². The second-order valence-electron chi connectivity index (χ2n) is 5.65. The third kappa shape index (κ3) is 2.53. The fourth-order valence-electron chi connectivity index (χ4n) is 3.45. The molecule has 0 saturated carbocycles. The van der Waals surface area contributed by atoms with Crippen LogP contribution in [0.5, 0.6) is 0 Å². The Morgan fingerprint density at radius 3 is 2.74 bits per heavy atom. The molecule has 2 aliphatic heterocycles. The Balaban J connectivity index is 1.88. The van der Waals surface area contributed by atoms with Crippen LogP contribution < -0.4 is 0 Å². The zero-order valence-electron chi connectivity index (χ0n) is 12.5. The minimum absolute atomic E-state index is 0.151. The van der Waals surface area contributed by atoms with Crippen LogP contribution in [0.25, 0.3) is 0 Å². The van der Waals surface area contributed by atoms with Gasteiger partial charge in [-0.3, -0.25) is 4.79 Å². The Kier molecular flexibility index (Phi) is 3.93. The number of carbonyl (C=O) groups excluding carboxylic acids is 1. The van der Waals surface area contributed by atoms with Crippen LogP contribution in [0, 0.1) is 5.92 Å². The molecule has 3 unspecified atom stereocenters. The molecule has 2 fully saturated rings. The minimum atomic E-state index is -3.97. The van der Waals surface area contributed by atoms with Gasteiger partial charge in [-0.25, -0.2) is 13.2 Å². The zero-order valence-corrected chi connectivity index (χ0v) is 13.3. The highest BCUT2D eigenvalue weighted by Gasteiger charge is 2.55. The van der Waals surface area contributed by atoms with Crippen LogP contribution in [0.1, 0.15) is 36.7 Å². The van der Waals surface area contributed by atoms with Crippen LogP contribution in [-0.4, -0.2) is 48.5 Å². The van der Waals surface area contributed by atoms with Crippen molar-refractivity contribution in [2.75, 3.05) is 6.61 Å². The number of ether oxygens (including phenoxy) is 1. The summed E-state index contributed by atoms with van der Waals surface area (Å²) in [5.41, 5.74) is 0. The van der Waals surface area contributed by atoms with Crippen molar-refractivity contribution in [3.63, 3.8) is 0 Å². The summed E-state index contributed by atoms with van der Waals surface area (Å²) in [7, 11) is -3.97. The highest BCUT2D eigenvalue weighted by atomic mass is 32.2. The van der Waals surface area contributed by atoms with Gasteiger partial charge in [0.1, 0.15) is 0 Å². The first-order valence-electron chi connectivity index (χ1n) is 7.39. The number of sulfonamides is 1. The van der Waals surface area contributed by atoms with E-state index in [9.17, 15) is 23.1 Å². The van der Waals surface area contributed by atoms with Gasteiger partial charge in [-0.15, -0.1) is 0 Å². The fourth-order valence-corrected chi connectivity index (χ4v) is 5.29. The second-order valence-corrected chi connectivity index (χ2v) is 7.43. The van der Waals surface area contributed by atoms with Crippen LogP contribution in [0.2, 0.25) is 0 Å². The third-order valence-corrected chi connectivity index (χ3v) is 6.23. The number of carboxylic acids is 1. The Morgan fingerprint density at radius 2 is 2.13 bits per heavy atom. The van der Waals surface area contributed by atoms with Gasteiger partial charge in [0.15, 0.2) is 0 Å². The van der Waals surface area contributed by atoms with Gasteiger partial charge in [0.2, 0.25) is 10.9 Å². The van der Waals surface area contributed by atoms with E-state index in [2.05, 4.69) is 0 Å². The number of hydrogen-bond acceptors (Lipinski definition) is 6. The van der Waals surface area contributed by atoms with Gasteiger partial charge in [-0.1, -0.05) is 0 Å². The Labute approximate surface area is 133 Å². The molecule has 8 nitrogen and oxygen atoms in total. The maximum absolute atomic E-state index is 12.7. The van der Waals surface area contributed by atoms with Crippen molar-refractivity contribution in [1.82, 2.24) is 4.31 Å². The third-order valence-electron chi connectivity index (χ3n) is 4.38. The molecule has 2 saturated heterocycles. The lowest BCUT2D eigenvalue weighted by molar-refractivity contribution is -0.142. The molecular formula is C14H17NO7S. The second kappa shape index (κ2) is 5.64. The van der Waals surface area contributed by atoms with Crippen LogP contribution in [0.3, 0.4) is 0 Å². The van der Waals surface area contributed by atoms with E-state index >= 15 is 0 Å². The van der Waals surface area contributed by atoms with Gasteiger partial charge in [-0.05, 0) is 38.3 Å². The van der Waals surface area contributed by atoms with E-state index in [1.165, 1.54) is 16.4 Å². The van der Waals surface area contributed by atoms with Crippen LogP contribution in [0.15, 0.2) is 21.6 Å². The quantitative estimate of drug-likeness (QED) is 0.796. The van der Waals surface area contributed by atoms with E-state index in [1.54, 1.807) is 6.92 Å². The molecule has 3 atom stereocenters. The number of nitrogens with zero attached hydrogens (tertiary/aromatic N) is 1. The standard InChI is InChI=1S/C14H17NO7S/c1-2-21-14(18)11-5-6-12(22-11)23(19,20)15-8-3-4-10(15)9(7-8)13(16)17/h5-6,8-10H,2-4,7H2,1H3,(H,16,17). The van der Waals surface area contributed by atoms with E-state index in [1.807, 2.05) is 0 Å². The van der Waals surface area contributed by atoms with Crippen molar-refractivity contribution in [1.29, 1.82) is 0 Å². The normalized spacial score (nSPS) is 27.3.